The molecule has 2 heterocycles. The molecule has 1 amide bonds. The zero-order chi connectivity index (χ0) is 21.8. The number of para-hydroxylation sites is 1. The molecule has 0 radical (unpaired) electrons. The first-order chi connectivity index (χ1) is 15.0. The van der Waals surface area contributed by atoms with Gasteiger partial charge in [-0.3, -0.25) is 4.79 Å². The Kier molecular flexibility index (Phi) is 5.80. The zero-order valence-electron chi connectivity index (χ0n) is 15.8. The number of carbonyl (C=O) groups is 2. The van der Waals surface area contributed by atoms with Gasteiger partial charge in [0.1, 0.15) is 11.6 Å². The number of halogens is 2. The molecule has 0 aliphatic heterocycles. The van der Waals surface area contributed by atoms with Gasteiger partial charge in [-0.25, -0.2) is 18.3 Å². The normalized spacial score (nSPS) is 10.6. The van der Waals surface area contributed by atoms with Crippen molar-refractivity contribution in [2.75, 3.05) is 11.9 Å². The Morgan fingerprint density at radius 1 is 1.03 bits per heavy atom. The van der Waals surface area contributed by atoms with Gasteiger partial charge in [-0.05, 0) is 35.7 Å². The van der Waals surface area contributed by atoms with Crippen molar-refractivity contribution in [3.8, 4) is 16.4 Å². The molecular weight excluding hydrogens is 426 g/mol. The first-order valence-electron chi connectivity index (χ1n) is 8.99. The molecule has 0 saturated carbocycles. The molecule has 0 saturated heterocycles. The maximum absolute atomic E-state index is 13.2. The van der Waals surface area contributed by atoms with Gasteiger partial charge in [-0.15, -0.1) is 16.4 Å². The number of benzene rings is 2. The van der Waals surface area contributed by atoms with Gasteiger partial charge >= 0.3 is 5.97 Å². The number of thiophene rings is 1. The summed E-state index contributed by atoms with van der Waals surface area (Å²) in [5.74, 6) is -3.13. The van der Waals surface area contributed by atoms with E-state index in [0.717, 1.165) is 17.0 Å². The van der Waals surface area contributed by atoms with Crippen LogP contribution in [0.25, 0.3) is 16.4 Å². The topological polar surface area (TPSA) is 86.1 Å². The minimum absolute atomic E-state index is 0.0926. The highest BCUT2D eigenvalue weighted by Crippen LogP contribution is 2.25. The van der Waals surface area contributed by atoms with E-state index in [2.05, 4.69) is 15.4 Å². The summed E-state index contributed by atoms with van der Waals surface area (Å²) in [5, 5.41) is 8.35. The quantitative estimate of drug-likeness (QED) is 0.457. The van der Waals surface area contributed by atoms with Crippen molar-refractivity contribution in [1.82, 2.24) is 14.8 Å². The van der Waals surface area contributed by atoms with Crippen molar-refractivity contribution in [2.24, 2.45) is 0 Å². The third-order valence-electron chi connectivity index (χ3n) is 4.01. The molecule has 0 spiro atoms. The van der Waals surface area contributed by atoms with Crippen LogP contribution in [0, 0.1) is 11.6 Å². The van der Waals surface area contributed by atoms with Gasteiger partial charge in [0, 0.05) is 11.8 Å². The molecule has 0 aliphatic rings. The van der Waals surface area contributed by atoms with E-state index in [9.17, 15) is 18.4 Å². The molecule has 0 bridgehead atoms. The lowest BCUT2D eigenvalue weighted by atomic mass is 10.3. The molecule has 156 valence electrons. The Morgan fingerprint density at radius 3 is 2.45 bits per heavy atom. The van der Waals surface area contributed by atoms with Crippen LogP contribution in [0.2, 0.25) is 0 Å². The average Bonchev–Trinajstić information content (AvgIpc) is 3.41. The Morgan fingerprint density at radius 2 is 1.77 bits per heavy atom. The van der Waals surface area contributed by atoms with Crippen molar-refractivity contribution in [2.45, 2.75) is 0 Å². The summed E-state index contributed by atoms with van der Waals surface area (Å²) in [5.41, 5.74) is 0.605. The molecule has 4 rings (SSSR count). The molecule has 0 fully saturated rings. The van der Waals surface area contributed by atoms with E-state index in [0.29, 0.717) is 17.6 Å². The van der Waals surface area contributed by atoms with Crippen LogP contribution in [0.15, 0.2) is 66.0 Å². The van der Waals surface area contributed by atoms with Gasteiger partial charge in [-0.2, -0.15) is 4.98 Å². The Hall–Kier alpha value is -3.92. The summed E-state index contributed by atoms with van der Waals surface area (Å²) in [7, 11) is 0. The van der Waals surface area contributed by atoms with E-state index >= 15 is 0 Å². The van der Waals surface area contributed by atoms with Gasteiger partial charge in [0.25, 0.3) is 11.7 Å². The van der Waals surface area contributed by atoms with Crippen LogP contribution in [0.1, 0.15) is 10.6 Å². The maximum atomic E-state index is 13.2. The van der Waals surface area contributed by atoms with E-state index in [1.54, 1.807) is 0 Å². The van der Waals surface area contributed by atoms with Crippen molar-refractivity contribution in [1.29, 1.82) is 0 Å². The number of anilines is 1. The second kappa shape index (κ2) is 8.84. The zero-order valence-corrected chi connectivity index (χ0v) is 16.6. The highest BCUT2D eigenvalue weighted by molar-refractivity contribution is 7.13. The van der Waals surface area contributed by atoms with E-state index in [-0.39, 0.29) is 11.5 Å². The molecule has 2 aromatic heterocycles. The smallest absolute Gasteiger partial charge is 0.378 e. The Balaban J connectivity index is 1.49. The first-order valence-corrected chi connectivity index (χ1v) is 9.87. The molecule has 7 nitrogen and oxygen atoms in total. The second-order valence-corrected chi connectivity index (χ2v) is 7.21. The summed E-state index contributed by atoms with van der Waals surface area (Å²) >= 11 is 1.43. The van der Waals surface area contributed by atoms with E-state index < -0.39 is 30.1 Å². The number of rotatable bonds is 6. The lowest BCUT2D eigenvalue weighted by molar-refractivity contribution is -0.119. The number of esters is 1. The minimum Gasteiger partial charge on any atom is -0.450 e. The maximum Gasteiger partial charge on any atom is 0.378 e. The predicted molar refractivity (Wildman–Crippen MR) is 110 cm³/mol. The molecular formula is C21H14F2N4O3S. The molecule has 1 N–H and O–H groups in total. The highest BCUT2D eigenvalue weighted by Gasteiger charge is 2.21. The van der Waals surface area contributed by atoms with Crippen molar-refractivity contribution >= 4 is 28.9 Å². The van der Waals surface area contributed by atoms with E-state index in [4.69, 9.17) is 4.74 Å². The number of hydrogen-bond acceptors (Lipinski definition) is 6. The highest BCUT2D eigenvalue weighted by atomic mass is 32.1. The van der Waals surface area contributed by atoms with Crippen LogP contribution >= 0.6 is 11.3 Å². The minimum atomic E-state index is -0.909. The van der Waals surface area contributed by atoms with Crippen LogP contribution in [0.3, 0.4) is 0 Å². The third-order valence-corrected chi connectivity index (χ3v) is 4.88. The predicted octanol–water partition coefficient (Wildman–Crippen LogP) is 4.07. The van der Waals surface area contributed by atoms with Gasteiger partial charge in [0.2, 0.25) is 0 Å². The Labute approximate surface area is 178 Å². The number of carbonyl (C=O) groups excluding carboxylic acids is 2. The standard InChI is InChI=1S/C21H14F2N4O3S/c22-13-9-14(23)11-15(10-13)24-18(28)12-30-21(29)19-25-20(17-7-4-8-31-17)27(26-19)16-5-2-1-3-6-16/h1-11H,12H2,(H,24,28). The number of hydrogen-bond donors (Lipinski definition) is 1. The number of amides is 1. The summed E-state index contributed by atoms with van der Waals surface area (Å²) in [4.78, 5) is 29.5. The summed E-state index contributed by atoms with van der Waals surface area (Å²) in [6, 6.07) is 15.4. The van der Waals surface area contributed by atoms with Crippen LogP contribution in [0.4, 0.5) is 14.5 Å². The molecule has 0 unspecified atom stereocenters. The lowest BCUT2D eigenvalue weighted by Crippen LogP contribution is -2.21. The number of aromatic nitrogens is 3. The number of nitrogens with zero attached hydrogens (tertiary/aromatic N) is 3. The SMILES string of the molecule is O=C(COC(=O)c1nc(-c2cccs2)n(-c2ccccc2)n1)Nc1cc(F)cc(F)c1. The van der Waals surface area contributed by atoms with Crippen LogP contribution in [-0.4, -0.2) is 33.2 Å². The summed E-state index contributed by atoms with van der Waals surface area (Å²) < 4.78 is 32.9. The van der Waals surface area contributed by atoms with E-state index in [1.807, 2.05) is 47.8 Å². The molecule has 4 aromatic rings. The monoisotopic (exact) mass is 440 g/mol. The third kappa shape index (κ3) is 4.81. The molecule has 2 aromatic carbocycles. The molecule has 31 heavy (non-hydrogen) atoms. The van der Waals surface area contributed by atoms with Crippen LogP contribution < -0.4 is 5.32 Å². The fourth-order valence-corrected chi connectivity index (χ4v) is 3.43. The van der Waals surface area contributed by atoms with Gasteiger partial charge in [-0.1, -0.05) is 24.3 Å². The average molecular weight is 440 g/mol. The van der Waals surface area contributed by atoms with Gasteiger partial charge < -0.3 is 10.1 Å². The molecule has 10 heteroatoms. The second-order valence-electron chi connectivity index (χ2n) is 6.27. The summed E-state index contributed by atoms with van der Waals surface area (Å²) in [6.45, 7) is -0.675. The molecule has 0 aliphatic carbocycles. The fourth-order valence-electron chi connectivity index (χ4n) is 2.73. The van der Waals surface area contributed by atoms with Gasteiger partial charge in [0.15, 0.2) is 12.4 Å². The van der Waals surface area contributed by atoms with Crippen molar-refractivity contribution in [3.63, 3.8) is 0 Å². The largest absolute Gasteiger partial charge is 0.450 e. The summed E-state index contributed by atoms with van der Waals surface area (Å²) in [6.07, 6.45) is 0. The number of nitrogens with one attached hydrogen (secondary N) is 1. The van der Waals surface area contributed by atoms with E-state index in [1.165, 1.54) is 16.0 Å². The van der Waals surface area contributed by atoms with Gasteiger partial charge in [0.05, 0.1) is 10.6 Å². The Bertz CT molecular complexity index is 1210. The molecule has 0 atom stereocenters. The lowest BCUT2D eigenvalue weighted by Gasteiger charge is -2.06. The fraction of sp³-hybridized carbons (Fsp3) is 0.0476. The first kappa shape index (κ1) is 20.4. The number of ether oxygens (including phenoxy) is 1. The van der Waals surface area contributed by atoms with Crippen molar-refractivity contribution < 1.29 is 23.1 Å². The van der Waals surface area contributed by atoms with Crippen LogP contribution in [-0.2, 0) is 9.53 Å². The van der Waals surface area contributed by atoms with Crippen LogP contribution in [0.5, 0.6) is 0 Å². The van der Waals surface area contributed by atoms with Crippen molar-refractivity contribution in [3.05, 3.63) is 83.5 Å².